The van der Waals surface area contributed by atoms with Crippen molar-refractivity contribution in [1.29, 1.82) is 0 Å². The maximum absolute atomic E-state index is 10.7. The normalized spacial score (nSPS) is 9.66. The average molecular weight is 672 g/mol. The Labute approximate surface area is 177 Å². The molecule has 15 N–H and O–H groups in total. The smallest absolute Gasteiger partial charge is 0.741 e. The molecule has 0 atom stereocenters. The molecule has 0 aliphatic heterocycles. The maximum Gasteiger partial charge on any atom is 2.00 e. The van der Waals surface area contributed by atoms with E-state index in [4.69, 9.17) is 30.7 Å². The van der Waals surface area contributed by atoms with Crippen LogP contribution in [0.1, 0.15) is 0 Å². The number of ether oxygens (including phenoxy) is 1. The molecule has 0 spiro atoms. The maximum atomic E-state index is 10.7. The molecule has 0 aliphatic rings. The third-order valence-corrected chi connectivity index (χ3v) is 2.17. The van der Waals surface area contributed by atoms with Gasteiger partial charge in [-0.1, -0.05) is 12.2 Å². The molecule has 186 valence electrons. The molecule has 12 nitrogen and oxygen atoms in total. The molecular formula is C8H25F6N5O7OsS2. The van der Waals surface area contributed by atoms with Crippen LogP contribution in [0.25, 0.3) is 0 Å². The number of hydrogen-bond donors (Lipinski definition) is 5. The zero-order chi connectivity index (χ0) is 19.5. The molecule has 0 unspecified atom stereocenters. The van der Waals surface area contributed by atoms with Crippen LogP contribution in [0.15, 0.2) is 25.3 Å². The molecule has 0 radical (unpaired) electrons. The Morgan fingerprint density at radius 1 is 0.690 bits per heavy atom. The minimum atomic E-state index is -6.09. The van der Waals surface area contributed by atoms with E-state index in [0.717, 1.165) is 0 Å². The molecule has 0 aromatic heterocycles. The molecule has 0 rings (SSSR count). The molecule has 0 aromatic rings. The Morgan fingerprint density at radius 3 is 0.897 bits per heavy atom. The van der Waals surface area contributed by atoms with Crippen LogP contribution in [0.5, 0.6) is 0 Å². The van der Waals surface area contributed by atoms with E-state index >= 15 is 0 Å². The Morgan fingerprint density at radius 2 is 0.828 bits per heavy atom. The number of rotatable bonds is 4. The van der Waals surface area contributed by atoms with Crippen molar-refractivity contribution in [2.24, 2.45) is 0 Å². The monoisotopic (exact) mass is 673 g/mol. The van der Waals surface area contributed by atoms with Crippen molar-refractivity contribution in [2.75, 3.05) is 13.2 Å². The van der Waals surface area contributed by atoms with Crippen LogP contribution in [0.4, 0.5) is 26.3 Å². The van der Waals surface area contributed by atoms with E-state index in [0.29, 0.717) is 13.2 Å². The quantitative estimate of drug-likeness (QED) is 0.0945. The summed E-state index contributed by atoms with van der Waals surface area (Å²) in [5.41, 5.74) is -11.3. The van der Waals surface area contributed by atoms with Gasteiger partial charge in [-0.25, -0.2) is 16.8 Å². The third-order valence-electron chi connectivity index (χ3n) is 1.04. The minimum Gasteiger partial charge on any atom is -0.741 e. The largest absolute Gasteiger partial charge is 2.00 e. The van der Waals surface area contributed by atoms with Gasteiger partial charge in [0.25, 0.3) is 0 Å². The van der Waals surface area contributed by atoms with E-state index in [1.54, 1.807) is 12.2 Å². The third kappa shape index (κ3) is 38.5. The summed E-state index contributed by atoms with van der Waals surface area (Å²) in [5, 5.41) is 0. The molecule has 0 aliphatic carbocycles. The van der Waals surface area contributed by atoms with Crippen molar-refractivity contribution in [3.05, 3.63) is 25.3 Å². The molecule has 0 amide bonds. The van der Waals surface area contributed by atoms with Crippen LogP contribution >= 0.6 is 0 Å². The molecule has 0 fully saturated rings. The van der Waals surface area contributed by atoms with E-state index in [9.17, 15) is 26.3 Å². The van der Waals surface area contributed by atoms with Gasteiger partial charge < -0.3 is 44.6 Å². The molecule has 0 saturated heterocycles. The van der Waals surface area contributed by atoms with E-state index in [-0.39, 0.29) is 50.5 Å². The first-order chi connectivity index (χ1) is 9.91. The molecular weight excluding hydrogens is 646 g/mol. The Hall–Kier alpha value is -0.724. The van der Waals surface area contributed by atoms with Gasteiger partial charge in [-0.15, -0.1) is 13.2 Å². The fraction of sp³-hybridized carbons (Fsp3) is 0.500. The second-order valence-electron chi connectivity index (χ2n) is 2.91. The van der Waals surface area contributed by atoms with Crippen molar-refractivity contribution in [3.8, 4) is 0 Å². The summed E-state index contributed by atoms with van der Waals surface area (Å²) in [5.74, 6) is 0. The van der Waals surface area contributed by atoms with Crippen molar-refractivity contribution >= 4 is 20.2 Å². The molecule has 0 heterocycles. The van der Waals surface area contributed by atoms with Crippen LogP contribution in [-0.4, -0.2) is 50.2 Å². The van der Waals surface area contributed by atoms with Crippen LogP contribution < -0.4 is 30.8 Å². The zero-order valence-corrected chi connectivity index (χ0v) is 19.0. The van der Waals surface area contributed by atoms with Crippen LogP contribution in [0.2, 0.25) is 0 Å². The van der Waals surface area contributed by atoms with E-state index in [1.807, 2.05) is 0 Å². The van der Waals surface area contributed by atoms with Gasteiger partial charge in [0.05, 0.1) is 13.2 Å². The molecule has 0 bridgehead atoms. The standard InChI is InChI=1S/C6H10O.2CHF3O3S.5H3N.Os/c1-3-5-7-6-4-2;2*2-1(3,4)8(5,6)7;;;;;;/h3-4H,1-2,5-6H2;2*(H,5,6,7);5*1H3;/q;;;;;;;;+2/p-2. The number of halogens is 6. The Kier molecular flexibility index (Phi) is 46.0. The second kappa shape index (κ2) is 23.6. The second-order valence-corrected chi connectivity index (χ2v) is 5.66. The van der Waals surface area contributed by atoms with E-state index in [2.05, 4.69) is 13.2 Å². The van der Waals surface area contributed by atoms with Gasteiger partial charge in [0.15, 0.2) is 20.2 Å². The average Bonchev–Trinajstić information content (AvgIpc) is 2.26. The van der Waals surface area contributed by atoms with Gasteiger partial charge >= 0.3 is 30.8 Å². The van der Waals surface area contributed by atoms with Crippen LogP contribution in [0.3, 0.4) is 0 Å². The van der Waals surface area contributed by atoms with Crippen molar-refractivity contribution < 1.29 is 76.8 Å². The molecule has 0 aromatic carbocycles. The Balaban J connectivity index is -0.0000000268. The summed E-state index contributed by atoms with van der Waals surface area (Å²) in [6.07, 6.45) is 3.42. The SMILES string of the molecule is C=CCOCC=C.N.N.N.N.N.O=S(=O)([O-])C(F)(F)F.O=S(=O)([O-])C(F)(F)F.[Os+2]. The van der Waals surface area contributed by atoms with Gasteiger partial charge in [-0.2, -0.15) is 26.3 Å². The predicted molar refractivity (Wildman–Crippen MR) is 87.8 cm³/mol. The summed E-state index contributed by atoms with van der Waals surface area (Å²) in [6, 6.07) is 0. The van der Waals surface area contributed by atoms with Gasteiger partial charge in [-0.3, -0.25) is 0 Å². The summed E-state index contributed by atoms with van der Waals surface area (Å²) in [6.45, 7) is 8.18. The fourth-order valence-corrected chi connectivity index (χ4v) is 0.235. The summed E-state index contributed by atoms with van der Waals surface area (Å²) >= 11 is 0. The van der Waals surface area contributed by atoms with Crippen molar-refractivity contribution in [2.45, 2.75) is 11.0 Å². The molecule has 0 saturated carbocycles. The predicted octanol–water partition coefficient (Wildman–Crippen LogP) is 2.29. The van der Waals surface area contributed by atoms with Crippen LogP contribution in [-0.2, 0) is 44.8 Å². The topological polar surface area (TPSA) is 299 Å². The molecule has 21 heteroatoms. The summed E-state index contributed by atoms with van der Waals surface area (Å²) < 4.78 is 123. The fourth-order valence-electron chi connectivity index (χ4n) is 0.235. The van der Waals surface area contributed by atoms with Gasteiger partial charge in [0, 0.05) is 0 Å². The van der Waals surface area contributed by atoms with E-state index < -0.39 is 31.3 Å². The summed E-state index contributed by atoms with van der Waals surface area (Å²) in [4.78, 5) is 0. The Bertz CT molecular complexity index is 522. The number of hydrogen-bond acceptors (Lipinski definition) is 12. The number of alkyl halides is 6. The first kappa shape index (κ1) is 56.6. The van der Waals surface area contributed by atoms with Gasteiger partial charge in [0.2, 0.25) is 0 Å². The van der Waals surface area contributed by atoms with E-state index in [1.165, 1.54) is 0 Å². The van der Waals surface area contributed by atoms with Crippen molar-refractivity contribution in [1.82, 2.24) is 30.8 Å². The molecule has 29 heavy (non-hydrogen) atoms. The van der Waals surface area contributed by atoms with Crippen molar-refractivity contribution in [3.63, 3.8) is 0 Å². The van der Waals surface area contributed by atoms with Gasteiger partial charge in [-0.05, 0) is 0 Å². The first-order valence-corrected chi connectivity index (χ1v) is 7.57. The minimum absolute atomic E-state index is 0. The van der Waals surface area contributed by atoms with Gasteiger partial charge in [0.1, 0.15) is 0 Å². The zero-order valence-electron chi connectivity index (χ0n) is 14.8. The summed E-state index contributed by atoms with van der Waals surface area (Å²) in [7, 11) is -12.2. The van der Waals surface area contributed by atoms with Crippen LogP contribution in [0, 0.1) is 0 Å². The first-order valence-electron chi connectivity index (χ1n) is 4.75.